The highest BCUT2D eigenvalue weighted by Crippen LogP contribution is 2.29. The summed E-state index contributed by atoms with van der Waals surface area (Å²) < 4.78 is 7.04. The molecule has 1 N–H and O–H groups in total. The maximum absolute atomic E-state index is 6.01. The molecule has 1 unspecified atom stereocenters. The van der Waals surface area contributed by atoms with Crippen molar-refractivity contribution in [3.8, 4) is 5.75 Å². The normalized spacial score (nSPS) is 12.3. The molecule has 0 radical (unpaired) electrons. The van der Waals surface area contributed by atoms with Gasteiger partial charge in [0, 0.05) is 30.6 Å². The first kappa shape index (κ1) is 13.7. The molecule has 102 valence electrons. The molecule has 4 nitrogen and oxygen atoms in total. The van der Waals surface area contributed by atoms with Crippen LogP contribution in [0.15, 0.2) is 24.4 Å². The molecule has 1 aromatic heterocycles. The fourth-order valence-corrected chi connectivity index (χ4v) is 2.32. The number of ether oxygens (including phenoxy) is 1. The van der Waals surface area contributed by atoms with Crippen molar-refractivity contribution in [1.29, 1.82) is 0 Å². The van der Waals surface area contributed by atoms with Gasteiger partial charge in [0.2, 0.25) is 0 Å². The average molecular weight is 280 g/mol. The molecule has 2 aromatic rings. The summed E-state index contributed by atoms with van der Waals surface area (Å²) in [6.07, 6.45) is 2.03. The SMILES string of the molecule is COc1cc(NC(C)c2cn(C)nc2C)ccc1Cl. The van der Waals surface area contributed by atoms with Crippen LogP contribution in [0.5, 0.6) is 5.75 Å². The Morgan fingerprint density at radius 2 is 2.16 bits per heavy atom. The largest absolute Gasteiger partial charge is 0.495 e. The van der Waals surface area contributed by atoms with Gasteiger partial charge in [-0.05, 0) is 26.0 Å². The van der Waals surface area contributed by atoms with Gasteiger partial charge in [0.25, 0.3) is 0 Å². The van der Waals surface area contributed by atoms with Crippen molar-refractivity contribution >= 4 is 17.3 Å². The molecule has 1 heterocycles. The lowest BCUT2D eigenvalue weighted by atomic mass is 10.1. The molecule has 1 atom stereocenters. The van der Waals surface area contributed by atoms with Crippen molar-refractivity contribution in [2.45, 2.75) is 19.9 Å². The monoisotopic (exact) mass is 279 g/mol. The Hall–Kier alpha value is -1.68. The molecule has 2 rings (SSSR count). The maximum Gasteiger partial charge on any atom is 0.139 e. The van der Waals surface area contributed by atoms with E-state index in [4.69, 9.17) is 16.3 Å². The van der Waals surface area contributed by atoms with Gasteiger partial charge in [-0.25, -0.2) is 0 Å². The summed E-state index contributed by atoms with van der Waals surface area (Å²) in [5, 5.41) is 8.38. The highest BCUT2D eigenvalue weighted by Gasteiger charge is 2.12. The predicted molar refractivity (Wildman–Crippen MR) is 78.0 cm³/mol. The van der Waals surface area contributed by atoms with E-state index >= 15 is 0 Å². The second kappa shape index (κ2) is 5.53. The van der Waals surface area contributed by atoms with Crippen molar-refractivity contribution in [2.75, 3.05) is 12.4 Å². The molecule has 0 bridgehead atoms. The average Bonchev–Trinajstić information content (AvgIpc) is 2.71. The van der Waals surface area contributed by atoms with Crippen LogP contribution in [0.1, 0.15) is 24.2 Å². The number of rotatable bonds is 4. The quantitative estimate of drug-likeness (QED) is 0.930. The van der Waals surface area contributed by atoms with Gasteiger partial charge in [-0.2, -0.15) is 5.10 Å². The lowest BCUT2D eigenvalue weighted by Crippen LogP contribution is -2.07. The van der Waals surface area contributed by atoms with E-state index < -0.39 is 0 Å². The molecule has 0 saturated heterocycles. The van der Waals surface area contributed by atoms with Crippen LogP contribution in [-0.4, -0.2) is 16.9 Å². The number of aromatic nitrogens is 2. The molecule has 5 heteroatoms. The third-order valence-electron chi connectivity index (χ3n) is 3.05. The van der Waals surface area contributed by atoms with Crippen LogP contribution in [0.25, 0.3) is 0 Å². The van der Waals surface area contributed by atoms with Gasteiger partial charge >= 0.3 is 0 Å². The molecular formula is C14H18ClN3O. The number of methoxy groups -OCH3 is 1. The first-order valence-electron chi connectivity index (χ1n) is 6.11. The number of nitrogens with one attached hydrogen (secondary N) is 1. The Balaban J connectivity index is 2.19. The van der Waals surface area contributed by atoms with E-state index in [9.17, 15) is 0 Å². The molecule has 0 aliphatic heterocycles. The molecule has 0 amide bonds. The summed E-state index contributed by atoms with van der Waals surface area (Å²) in [6.45, 7) is 4.11. The lowest BCUT2D eigenvalue weighted by Gasteiger charge is -2.15. The number of benzene rings is 1. The zero-order valence-electron chi connectivity index (χ0n) is 11.6. The Labute approximate surface area is 118 Å². The number of anilines is 1. The van der Waals surface area contributed by atoms with E-state index in [0.717, 1.165) is 11.4 Å². The molecular weight excluding hydrogens is 262 g/mol. The summed E-state index contributed by atoms with van der Waals surface area (Å²) in [6, 6.07) is 5.82. The number of aryl methyl sites for hydroxylation is 2. The van der Waals surface area contributed by atoms with E-state index in [1.165, 1.54) is 5.56 Å². The lowest BCUT2D eigenvalue weighted by molar-refractivity contribution is 0.415. The number of nitrogens with zero attached hydrogens (tertiary/aromatic N) is 2. The molecule has 0 aliphatic carbocycles. The summed E-state index contributed by atoms with van der Waals surface area (Å²) in [4.78, 5) is 0. The third kappa shape index (κ3) is 3.01. The van der Waals surface area contributed by atoms with Gasteiger partial charge in [0.1, 0.15) is 5.75 Å². The van der Waals surface area contributed by atoms with Crippen molar-refractivity contribution in [1.82, 2.24) is 9.78 Å². The van der Waals surface area contributed by atoms with Gasteiger partial charge < -0.3 is 10.1 Å². The minimum atomic E-state index is 0.166. The Bertz CT molecular complexity index is 580. The topological polar surface area (TPSA) is 39.1 Å². The standard InChI is InChI=1S/C14H18ClN3O/c1-9(12-8-18(3)17-10(12)2)16-11-5-6-13(15)14(7-11)19-4/h5-9,16H,1-4H3. The smallest absolute Gasteiger partial charge is 0.139 e. The molecule has 1 aromatic carbocycles. The second-order valence-corrected chi connectivity index (χ2v) is 4.97. The second-order valence-electron chi connectivity index (χ2n) is 4.56. The fraction of sp³-hybridized carbons (Fsp3) is 0.357. The van der Waals surface area contributed by atoms with Crippen molar-refractivity contribution in [3.05, 3.63) is 40.7 Å². The van der Waals surface area contributed by atoms with Crippen LogP contribution in [0.2, 0.25) is 5.02 Å². The van der Waals surface area contributed by atoms with E-state index in [2.05, 4.69) is 17.3 Å². The fourth-order valence-electron chi connectivity index (χ4n) is 2.12. The predicted octanol–water partition coefficient (Wildman–Crippen LogP) is 3.56. The summed E-state index contributed by atoms with van der Waals surface area (Å²) in [7, 11) is 3.54. The van der Waals surface area contributed by atoms with Crippen LogP contribution < -0.4 is 10.1 Å². The van der Waals surface area contributed by atoms with Crippen LogP contribution in [-0.2, 0) is 7.05 Å². The minimum Gasteiger partial charge on any atom is -0.495 e. The van der Waals surface area contributed by atoms with Crippen molar-refractivity contribution < 1.29 is 4.74 Å². The Morgan fingerprint density at radius 3 is 2.74 bits per heavy atom. The highest BCUT2D eigenvalue weighted by atomic mass is 35.5. The number of hydrogen-bond acceptors (Lipinski definition) is 3. The van der Waals surface area contributed by atoms with Crippen LogP contribution in [0.4, 0.5) is 5.69 Å². The zero-order valence-corrected chi connectivity index (χ0v) is 12.3. The molecule has 0 aliphatic rings. The van der Waals surface area contributed by atoms with Crippen LogP contribution in [0, 0.1) is 6.92 Å². The summed E-state index contributed by atoms with van der Waals surface area (Å²) in [5.74, 6) is 0.668. The highest BCUT2D eigenvalue weighted by molar-refractivity contribution is 6.32. The van der Waals surface area contributed by atoms with Crippen LogP contribution >= 0.6 is 11.6 Å². The molecule has 19 heavy (non-hydrogen) atoms. The Kier molecular flexibility index (Phi) is 4.00. The number of hydrogen-bond donors (Lipinski definition) is 1. The van der Waals surface area contributed by atoms with Gasteiger partial charge in [-0.15, -0.1) is 0 Å². The molecule has 0 fully saturated rings. The van der Waals surface area contributed by atoms with Crippen molar-refractivity contribution in [2.24, 2.45) is 7.05 Å². The van der Waals surface area contributed by atoms with Gasteiger partial charge in [0.15, 0.2) is 0 Å². The summed E-state index contributed by atoms with van der Waals surface area (Å²) in [5.41, 5.74) is 3.18. The third-order valence-corrected chi connectivity index (χ3v) is 3.36. The number of halogens is 1. The maximum atomic E-state index is 6.01. The van der Waals surface area contributed by atoms with Gasteiger partial charge in [0.05, 0.1) is 23.9 Å². The van der Waals surface area contributed by atoms with E-state index in [0.29, 0.717) is 10.8 Å². The van der Waals surface area contributed by atoms with E-state index in [1.807, 2.05) is 43.0 Å². The van der Waals surface area contributed by atoms with E-state index in [-0.39, 0.29) is 6.04 Å². The first-order chi connectivity index (χ1) is 9.01. The van der Waals surface area contributed by atoms with Crippen molar-refractivity contribution in [3.63, 3.8) is 0 Å². The molecule has 0 spiro atoms. The summed E-state index contributed by atoms with van der Waals surface area (Å²) >= 11 is 6.01. The van der Waals surface area contributed by atoms with E-state index in [1.54, 1.807) is 7.11 Å². The van der Waals surface area contributed by atoms with Gasteiger partial charge in [-0.3, -0.25) is 4.68 Å². The first-order valence-corrected chi connectivity index (χ1v) is 6.49. The molecule has 0 saturated carbocycles. The van der Waals surface area contributed by atoms with Crippen LogP contribution in [0.3, 0.4) is 0 Å². The van der Waals surface area contributed by atoms with Gasteiger partial charge in [-0.1, -0.05) is 11.6 Å². The Morgan fingerprint density at radius 1 is 1.42 bits per heavy atom. The zero-order chi connectivity index (χ0) is 14.0. The minimum absolute atomic E-state index is 0.166.